The van der Waals surface area contributed by atoms with Crippen molar-refractivity contribution in [3.63, 3.8) is 0 Å². The molecule has 0 saturated carbocycles. The Morgan fingerprint density at radius 2 is 1.53 bits per heavy atom. The molecule has 1 saturated heterocycles. The third-order valence-electron chi connectivity index (χ3n) is 8.66. The van der Waals surface area contributed by atoms with Crippen LogP contribution in [0.15, 0.2) is 29.8 Å². The van der Waals surface area contributed by atoms with Crippen LogP contribution in [0.25, 0.3) is 10.4 Å². The van der Waals surface area contributed by atoms with Crippen molar-refractivity contribution in [1.82, 2.24) is 20.5 Å². The first kappa shape index (κ1) is 43.6. The van der Waals surface area contributed by atoms with Crippen LogP contribution in [-0.2, 0) is 19.2 Å². The molecule has 2 heterocycles. The number of carboxylic acids is 1. The number of amides is 3. The van der Waals surface area contributed by atoms with E-state index >= 15 is 0 Å². The molecule has 1 fully saturated rings. The van der Waals surface area contributed by atoms with Gasteiger partial charge in [-0.1, -0.05) is 83.6 Å². The number of hydrogen-bond donors (Lipinski definition) is 5. The zero-order chi connectivity index (χ0) is 38.4. The molecular weight excluding hydrogens is 687 g/mol. The van der Waals surface area contributed by atoms with E-state index in [4.69, 9.17) is 15.6 Å². The van der Waals surface area contributed by atoms with Gasteiger partial charge in [0.25, 0.3) is 0 Å². The first-order chi connectivity index (χ1) is 23.9. The van der Waals surface area contributed by atoms with E-state index in [1.165, 1.54) is 24.2 Å². The van der Waals surface area contributed by atoms with Crippen molar-refractivity contribution in [3.05, 3.63) is 41.0 Å². The van der Waals surface area contributed by atoms with E-state index in [0.717, 1.165) is 60.3 Å². The number of benzene rings is 1. The molecule has 15 heteroatoms. The van der Waals surface area contributed by atoms with E-state index in [1.54, 1.807) is 11.3 Å². The molecule has 286 valence electrons. The van der Waals surface area contributed by atoms with E-state index in [-0.39, 0.29) is 36.7 Å². The number of thiazole rings is 1. The van der Waals surface area contributed by atoms with Crippen molar-refractivity contribution < 1.29 is 42.6 Å². The maximum absolute atomic E-state index is 13.9. The van der Waals surface area contributed by atoms with Crippen molar-refractivity contribution >= 4 is 35.0 Å². The van der Waals surface area contributed by atoms with Gasteiger partial charge in [-0.2, -0.15) is 13.2 Å². The number of aromatic nitrogens is 1. The predicted molar refractivity (Wildman–Crippen MR) is 191 cm³/mol. The van der Waals surface area contributed by atoms with Crippen LogP contribution in [0.1, 0.15) is 109 Å². The van der Waals surface area contributed by atoms with E-state index in [0.29, 0.717) is 6.42 Å². The number of hydrogen-bond acceptors (Lipinski definition) is 8. The lowest BCUT2D eigenvalue weighted by Gasteiger charge is -2.35. The van der Waals surface area contributed by atoms with Crippen LogP contribution >= 0.6 is 11.3 Å². The molecule has 1 aromatic carbocycles. The largest absolute Gasteiger partial charge is 0.490 e. The quantitative estimate of drug-likeness (QED) is 0.132. The molecule has 1 aliphatic heterocycles. The second-order valence-corrected chi connectivity index (χ2v) is 14.9. The number of carbonyl (C=O) groups is 4. The SMILES string of the molecule is Cc1ncsc1-c1ccc(C(C)NC(=O)C2CC(O)CN2C(=O)C(NC(=O)CCCCCCCCCCN)C(C)(C)C)cc1.O=C(O)C(F)(F)F. The minimum Gasteiger partial charge on any atom is -0.475 e. The fraction of sp³-hybridized carbons (Fsp3) is 0.639. The van der Waals surface area contributed by atoms with Crippen molar-refractivity contribution in [2.75, 3.05) is 13.1 Å². The number of halogens is 3. The number of aliphatic hydroxyl groups is 1. The zero-order valence-electron chi connectivity index (χ0n) is 30.2. The summed E-state index contributed by atoms with van der Waals surface area (Å²) in [5.41, 5.74) is 9.80. The molecule has 3 amide bonds. The number of carboxylic acid groups (broad SMARTS) is 1. The first-order valence-electron chi connectivity index (χ1n) is 17.5. The van der Waals surface area contributed by atoms with Crippen molar-refractivity contribution in [1.29, 1.82) is 0 Å². The number of β-amino-alcohol motifs (C(OH)–C–C–N with tert-alkyl or cyclic N) is 1. The van der Waals surface area contributed by atoms with Gasteiger partial charge in [0.1, 0.15) is 12.1 Å². The van der Waals surface area contributed by atoms with E-state index in [9.17, 15) is 32.7 Å². The third kappa shape index (κ3) is 14.5. The summed E-state index contributed by atoms with van der Waals surface area (Å²) in [6, 6.07) is 6.10. The number of aliphatic hydroxyl groups excluding tert-OH is 1. The molecule has 4 atom stereocenters. The topological polar surface area (TPSA) is 175 Å². The second kappa shape index (κ2) is 20.5. The maximum atomic E-state index is 13.9. The van der Waals surface area contributed by atoms with Crippen LogP contribution in [-0.4, -0.2) is 81.2 Å². The van der Waals surface area contributed by atoms with Crippen molar-refractivity contribution in [2.24, 2.45) is 11.1 Å². The van der Waals surface area contributed by atoms with Gasteiger partial charge < -0.3 is 31.5 Å². The number of unbranched alkanes of at least 4 members (excludes halogenated alkanes) is 7. The van der Waals surface area contributed by atoms with Gasteiger partial charge in [0.2, 0.25) is 17.7 Å². The average Bonchev–Trinajstić information content (AvgIpc) is 3.67. The number of alkyl halides is 3. The predicted octanol–water partition coefficient (Wildman–Crippen LogP) is 5.89. The summed E-state index contributed by atoms with van der Waals surface area (Å²) in [7, 11) is 0. The normalized spacial score (nSPS) is 17.3. The van der Waals surface area contributed by atoms with Crippen LogP contribution < -0.4 is 16.4 Å². The van der Waals surface area contributed by atoms with Gasteiger partial charge in [-0.05, 0) is 49.8 Å². The number of likely N-dealkylation sites (tertiary alicyclic amines) is 1. The Balaban J connectivity index is 0.00000116. The summed E-state index contributed by atoms with van der Waals surface area (Å²) in [6.45, 7) is 10.4. The maximum Gasteiger partial charge on any atom is 0.490 e. The number of nitrogens with one attached hydrogen (secondary N) is 2. The monoisotopic (exact) mass is 741 g/mol. The molecule has 6 N–H and O–H groups in total. The first-order valence-corrected chi connectivity index (χ1v) is 18.3. The molecule has 1 aliphatic rings. The van der Waals surface area contributed by atoms with Crippen molar-refractivity contribution in [2.45, 2.75) is 129 Å². The van der Waals surface area contributed by atoms with Gasteiger partial charge in [0.05, 0.1) is 28.2 Å². The molecule has 0 aliphatic carbocycles. The minimum absolute atomic E-state index is 0.0575. The summed E-state index contributed by atoms with van der Waals surface area (Å²) in [4.78, 5) is 56.0. The molecule has 51 heavy (non-hydrogen) atoms. The van der Waals surface area contributed by atoms with E-state index < -0.39 is 35.7 Å². The fourth-order valence-electron chi connectivity index (χ4n) is 5.74. The van der Waals surface area contributed by atoms with Gasteiger partial charge in [0, 0.05) is 19.4 Å². The van der Waals surface area contributed by atoms with Crippen LogP contribution in [0, 0.1) is 12.3 Å². The van der Waals surface area contributed by atoms with Crippen LogP contribution in [0.2, 0.25) is 0 Å². The highest BCUT2D eigenvalue weighted by Crippen LogP contribution is 2.29. The number of carbonyl (C=O) groups excluding carboxylic acids is 3. The standard InChI is InChI=1S/C34H53N5O4S.C2HF3O2/c1-23(25-15-17-26(18-16-25)30-24(2)36-22-44-30)37-32(42)28-20-27(40)21-39(28)33(43)31(34(3,4)5)38-29(41)14-12-10-8-6-7-9-11-13-19-35;3-2(4,5)1(6)7/h15-18,22-23,27-28,31,40H,6-14,19-21,35H2,1-5H3,(H,37,42)(H,38,41);(H,6,7). The number of nitrogens with zero attached hydrogens (tertiary/aromatic N) is 2. The Hall–Kier alpha value is -3.56. The molecular formula is C36H54F3N5O6S. The Labute approximate surface area is 302 Å². The Morgan fingerprint density at radius 3 is 2.02 bits per heavy atom. The second-order valence-electron chi connectivity index (χ2n) is 14.1. The summed E-state index contributed by atoms with van der Waals surface area (Å²) >= 11 is 1.59. The highest BCUT2D eigenvalue weighted by molar-refractivity contribution is 7.13. The summed E-state index contributed by atoms with van der Waals surface area (Å²) in [6.07, 6.45) is 3.29. The molecule has 4 unspecified atom stereocenters. The Bertz CT molecular complexity index is 1410. The molecule has 1 aromatic heterocycles. The highest BCUT2D eigenvalue weighted by Gasteiger charge is 2.44. The van der Waals surface area contributed by atoms with Gasteiger partial charge >= 0.3 is 12.1 Å². The third-order valence-corrected chi connectivity index (χ3v) is 9.64. The summed E-state index contributed by atoms with van der Waals surface area (Å²) in [5.74, 6) is -3.57. The fourth-order valence-corrected chi connectivity index (χ4v) is 6.55. The zero-order valence-corrected chi connectivity index (χ0v) is 31.0. The molecule has 0 radical (unpaired) electrons. The minimum atomic E-state index is -5.08. The molecule has 0 bridgehead atoms. The molecule has 11 nitrogen and oxygen atoms in total. The number of rotatable bonds is 16. The smallest absolute Gasteiger partial charge is 0.475 e. The Kier molecular flexibility index (Phi) is 17.5. The molecule has 0 spiro atoms. The lowest BCUT2D eigenvalue weighted by Crippen LogP contribution is -2.57. The number of nitrogens with two attached hydrogens (primary N) is 1. The van der Waals surface area contributed by atoms with Crippen molar-refractivity contribution in [3.8, 4) is 10.4 Å². The summed E-state index contributed by atoms with van der Waals surface area (Å²) < 4.78 is 31.7. The Morgan fingerprint density at radius 1 is 0.980 bits per heavy atom. The summed E-state index contributed by atoms with van der Waals surface area (Å²) in [5, 5.41) is 23.6. The molecule has 2 aromatic rings. The van der Waals surface area contributed by atoms with Gasteiger partial charge in [-0.15, -0.1) is 11.3 Å². The van der Waals surface area contributed by atoms with Gasteiger partial charge in [-0.3, -0.25) is 14.4 Å². The van der Waals surface area contributed by atoms with Gasteiger partial charge in [-0.25, -0.2) is 9.78 Å². The van der Waals surface area contributed by atoms with Crippen LogP contribution in [0.3, 0.4) is 0 Å². The number of aliphatic carboxylic acids is 1. The van der Waals surface area contributed by atoms with Gasteiger partial charge in [0.15, 0.2) is 0 Å². The molecule has 3 rings (SSSR count). The van der Waals surface area contributed by atoms with E-state index in [2.05, 4.69) is 15.6 Å². The lowest BCUT2D eigenvalue weighted by molar-refractivity contribution is -0.192. The average molecular weight is 742 g/mol. The lowest BCUT2D eigenvalue weighted by atomic mass is 9.85. The van der Waals surface area contributed by atoms with Crippen LogP contribution in [0.4, 0.5) is 13.2 Å². The van der Waals surface area contributed by atoms with E-state index in [1.807, 2.05) is 64.4 Å². The number of aryl methyl sites for hydroxylation is 1. The highest BCUT2D eigenvalue weighted by atomic mass is 32.1. The van der Waals surface area contributed by atoms with Crippen LogP contribution in [0.5, 0.6) is 0 Å².